The zero-order valence-electron chi connectivity index (χ0n) is 7.71. The lowest BCUT2D eigenvalue weighted by molar-refractivity contribution is -0.137. The molecule has 1 heterocycles. The third kappa shape index (κ3) is 2.08. The quantitative estimate of drug-likeness (QED) is 0.718. The molecule has 0 aliphatic rings. The van der Waals surface area contributed by atoms with Gasteiger partial charge in [0.2, 0.25) is 0 Å². The Hall–Kier alpha value is -1.01. The molecule has 2 rings (SSSR count). The predicted molar refractivity (Wildman–Crippen MR) is 60.3 cm³/mol. The van der Waals surface area contributed by atoms with E-state index in [-0.39, 0.29) is 5.39 Å². The second-order valence-corrected chi connectivity index (χ2v) is 5.03. The van der Waals surface area contributed by atoms with Crippen molar-refractivity contribution < 1.29 is 13.2 Å². The summed E-state index contributed by atoms with van der Waals surface area (Å²) in [6, 6.07) is 4.35. The van der Waals surface area contributed by atoms with Crippen molar-refractivity contribution in [2.24, 2.45) is 0 Å². The molecule has 1 nitrogen and oxygen atoms in total. The van der Waals surface area contributed by atoms with E-state index in [2.05, 4.69) is 12.6 Å². The molecule has 0 unspecified atom stereocenters. The maximum absolute atomic E-state index is 12.4. The lowest BCUT2D eigenvalue weighted by Crippen LogP contribution is -2.06. The summed E-state index contributed by atoms with van der Waals surface area (Å²) in [6.07, 6.45) is -4.43. The van der Waals surface area contributed by atoms with E-state index in [0.29, 0.717) is 8.91 Å². The summed E-state index contributed by atoms with van der Waals surface area (Å²) in [4.78, 5) is 11.5. The van der Waals surface area contributed by atoms with Crippen LogP contribution >= 0.6 is 24.0 Å². The van der Waals surface area contributed by atoms with Crippen molar-refractivity contribution in [3.63, 3.8) is 0 Å². The van der Waals surface area contributed by atoms with E-state index in [0.717, 1.165) is 12.1 Å². The van der Waals surface area contributed by atoms with Crippen LogP contribution in [0.5, 0.6) is 0 Å². The van der Waals surface area contributed by atoms with Crippen LogP contribution in [0.15, 0.2) is 33.3 Å². The van der Waals surface area contributed by atoms with Crippen molar-refractivity contribution in [1.29, 1.82) is 0 Å². The highest BCUT2D eigenvalue weighted by Crippen LogP contribution is 2.32. The molecule has 0 saturated carbocycles. The van der Waals surface area contributed by atoms with Crippen molar-refractivity contribution in [3.05, 3.63) is 40.1 Å². The van der Waals surface area contributed by atoms with Crippen molar-refractivity contribution in [2.75, 3.05) is 0 Å². The summed E-state index contributed by atoms with van der Waals surface area (Å²) in [6.45, 7) is 0. The van der Waals surface area contributed by atoms with Crippen LogP contribution in [0.2, 0.25) is 0 Å². The molecule has 0 radical (unpaired) electrons. The van der Waals surface area contributed by atoms with Crippen LogP contribution in [0.1, 0.15) is 5.56 Å². The number of thiol groups is 1. The third-order valence-corrected chi connectivity index (χ3v) is 3.35. The standard InChI is InChI=1S/C10H5F3OS2/c11-10(12,13)5-1-2-8-6(3-5)7(14)4-9(15)16-8/h1-4,15H. The first-order valence-electron chi connectivity index (χ1n) is 4.22. The van der Waals surface area contributed by atoms with E-state index in [1.54, 1.807) is 0 Å². The van der Waals surface area contributed by atoms with Gasteiger partial charge in [0.25, 0.3) is 0 Å². The molecule has 0 N–H and O–H groups in total. The Morgan fingerprint density at radius 2 is 1.88 bits per heavy atom. The molecule has 0 atom stereocenters. The maximum Gasteiger partial charge on any atom is 0.416 e. The molecule has 6 heteroatoms. The lowest BCUT2D eigenvalue weighted by Gasteiger charge is -2.06. The third-order valence-electron chi connectivity index (χ3n) is 2.04. The van der Waals surface area contributed by atoms with E-state index in [9.17, 15) is 18.0 Å². The Labute approximate surface area is 97.9 Å². The summed E-state index contributed by atoms with van der Waals surface area (Å²) in [5, 5.41) is 0.0811. The van der Waals surface area contributed by atoms with Crippen LogP contribution in [0.3, 0.4) is 0 Å². The van der Waals surface area contributed by atoms with E-state index in [1.807, 2.05) is 0 Å². The minimum absolute atomic E-state index is 0.0811. The van der Waals surface area contributed by atoms with Gasteiger partial charge < -0.3 is 0 Å². The van der Waals surface area contributed by atoms with Crippen molar-refractivity contribution >= 4 is 34.1 Å². The molecule has 1 aromatic carbocycles. The molecule has 0 amide bonds. The number of hydrogen-bond donors (Lipinski definition) is 1. The SMILES string of the molecule is O=c1cc(S)sc2ccc(C(F)(F)F)cc12. The van der Waals surface area contributed by atoms with Gasteiger partial charge in [-0.25, -0.2) is 0 Å². The Balaban J connectivity index is 2.77. The van der Waals surface area contributed by atoms with Crippen LogP contribution in [-0.2, 0) is 6.18 Å². The summed E-state index contributed by atoms with van der Waals surface area (Å²) in [7, 11) is 0. The molecular weight excluding hydrogens is 257 g/mol. The van der Waals surface area contributed by atoms with Gasteiger partial charge >= 0.3 is 6.18 Å². The molecule has 0 fully saturated rings. The van der Waals surface area contributed by atoms with Gasteiger partial charge in [0, 0.05) is 16.2 Å². The van der Waals surface area contributed by atoms with Crippen LogP contribution < -0.4 is 5.43 Å². The fourth-order valence-corrected chi connectivity index (χ4v) is 2.53. The average molecular weight is 262 g/mol. The number of halogens is 3. The predicted octanol–water partition coefficient (Wildman–Crippen LogP) is 3.57. The average Bonchev–Trinajstić information content (AvgIpc) is 2.15. The number of benzene rings is 1. The first-order valence-corrected chi connectivity index (χ1v) is 5.48. The Morgan fingerprint density at radius 1 is 1.19 bits per heavy atom. The van der Waals surface area contributed by atoms with Crippen LogP contribution in [0.25, 0.3) is 10.1 Å². The second kappa shape index (κ2) is 3.78. The number of alkyl halides is 3. The molecule has 0 saturated heterocycles. The molecule has 0 bridgehead atoms. The monoisotopic (exact) mass is 262 g/mol. The van der Waals surface area contributed by atoms with Gasteiger partial charge in [-0.05, 0) is 18.2 Å². The fourth-order valence-electron chi connectivity index (χ4n) is 1.32. The lowest BCUT2D eigenvalue weighted by atomic mass is 10.1. The summed E-state index contributed by atoms with van der Waals surface area (Å²) >= 11 is 5.18. The molecule has 1 aromatic heterocycles. The zero-order chi connectivity index (χ0) is 11.9. The van der Waals surface area contributed by atoms with Gasteiger partial charge in [-0.3, -0.25) is 4.79 Å². The minimum atomic E-state index is -4.43. The van der Waals surface area contributed by atoms with Crippen LogP contribution in [0.4, 0.5) is 13.2 Å². The van der Waals surface area contributed by atoms with Crippen LogP contribution in [0, 0.1) is 0 Å². The minimum Gasteiger partial charge on any atom is -0.289 e. The normalized spacial score (nSPS) is 12.0. The van der Waals surface area contributed by atoms with Gasteiger partial charge in [0.05, 0.1) is 9.77 Å². The highest BCUT2D eigenvalue weighted by molar-refractivity contribution is 7.83. The van der Waals surface area contributed by atoms with Gasteiger partial charge in [-0.15, -0.1) is 24.0 Å². The molecule has 2 aromatic rings. The van der Waals surface area contributed by atoms with Gasteiger partial charge in [-0.1, -0.05) is 0 Å². The highest BCUT2D eigenvalue weighted by Gasteiger charge is 2.30. The first-order chi connectivity index (χ1) is 7.38. The van der Waals surface area contributed by atoms with Gasteiger partial charge in [0.1, 0.15) is 0 Å². The molecule has 0 aliphatic carbocycles. The van der Waals surface area contributed by atoms with Crippen molar-refractivity contribution in [2.45, 2.75) is 10.4 Å². The van der Waals surface area contributed by atoms with E-state index in [4.69, 9.17) is 0 Å². The van der Waals surface area contributed by atoms with Crippen molar-refractivity contribution in [1.82, 2.24) is 0 Å². The highest BCUT2D eigenvalue weighted by atomic mass is 32.2. The Bertz CT molecular complexity index is 601. The smallest absolute Gasteiger partial charge is 0.289 e. The van der Waals surface area contributed by atoms with E-state index in [1.165, 1.54) is 23.5 Å². The van der Waals surface area contributed by atoms with Crippen LogP contribution in [-0.4, -0.2) is 0 Å². The first kappa shape index (κ1) is 11.5. The van der Waals surface area contributed by atoms with E-state index >= 15 is 0 Å². The Morgan fingerprint density at radius 3 is 2.50 bits per heavy atom. The number of rotatable bonds is 0. The second-order valence-electron chi connectivity index (χ2n) is 3.16. The van der Waals surface area contributed by atoms with Gasteiger partial charge in [0.15, 0.2) is 5.43 Å². The largest absolute Gasteiger partial charge is 0.416 e. The van der Waals surface area contributed by atoms with Gasteiger partial charge in [-0.2, -0.15) is 13.2 Å². The van der Waals surface area contributed by atoms with E-state index < -0.39 is 17.2 Å². The maximum atomic E-state index is 12.4. The number of fused-ring (bicyclic) bond motifs is 1. The molecule has 84 valence electrons. The molecule has 0 spiro atoms. The Kier molecular flexibility index (Phi) is 2.71. The fraction of sp³-hybridized carbons (Fsp3) is 0.100. The molecule has 0 aliphatic heterocycles. The topological polar surface area (TPSA) is 17.1 Å². The summed E-state index contributed by atoms with van der Waals surface area (Å²) in [5.41, 5.74) is -1.25. The number of hydrogen-bond acceptors (Lipinski definition) is 3. The summed E-state index contributed by atoms with van der Waals surface area (Å²) < 4.78 is 38.2. The molecular formula is C10H5F3OS2. The molecule has 16 heavy (non-hydrogen) atoms. The van der Waals surface area contributed by atoms with Crippen molar-refractivity contribution in [3.8, 4) is 0 Å². The zero-order valence-corrected chi connectivity index (χ0v) is 9.42. The summed E-state index contributed by atoms with van der Waals surface area (Å²) in [5.74, 6) is 0.